The molecule has 1 aromatic carbocycles. The molecule has 0 unspecified atom stereocenters. The van der Waals surface area contributed by atoms with Gasteiger partial charge in [-0.1, -0.05) is 32.1 Å². The molecule has 0 atom stereocenters. The van der Waals surface area contributed by atoms with Crippen LogP contribution in [0.5, 0.6) is 5.75 Å². The SMILES string of the molecule is Br.CCN(CC)C(C)(C)C(=O)/C=C/c1ccc(OC)cc1. The average Bonchev–Trinajstić information content (AvgIpc) is 2.46. The highest BCUT2D eigenvalue weighted by Crippen LogP contribution is 2.17. The summed E-state index contributed by atoms with van der Waals surface area (Å²) in [6.45, 7) is 9.83. The van der Waals surface area contributed by atoms with E-state index < -0.39 is 5.54 Å². The van der Waals surface area contributed by atoms with Crippen LogP contribution in [0.4, 0.5) is 0 Å². The molecule has 21 heavy (non-hydrogen) atoms. The van der Waals surface area contributed by atoms with Gasteiger partial charge < -0.3 is 4.74 Å². The molecular formula is C17H26BrNO2. The molecule has 0 aliphatic rings. The normalized spacial score (nSPS) is 11.5. The maximum absolute atomic E-state index is 12.4. The molecule has 0 saturated carbocycles. The van der Waals surface area contributed by atoms with Crippen LogP contribution in [0.15, 0.2) is 30.3 Å². The Hall–Kier alpha value is -1.13. The molecule has 0 amide bonds. The van der Waals surface area contributed by atoms with E-state index in [1.54, 1.807) is 13.2 Å². The minimum atomic E-state index is -0.466. The number of nitrogens with zero attached hydrogens (tertiary/aromatic N) is 1. The number of rotatable bonds is 7. The number of halogens is 1. The van der Waals surface area contributed by atoms with E-state index in [1.165, 1.54) is 0 Å². The van der Waals surface area contributed by atoms with Crippen LogP contribution >= 0.6 is 17.0 Å². The van der Waals surface area contributed by atoms with Gasteiger partial charge in [0.25, 0.3) is 0 Å². The second-order valence-electron chi connectivity index (χ2n) is 5.20. The number of ether oxygens (including phenoxy) is 1. The second kappa shape index (κ2) is 9.00. The van der Waals surface area contributed by atoms with E-state index in [-0.39, 0.29) is 22.8 Å². The summed E-state index contributed by atoms with van der Waals surface area (Å²) in [6, 6.07) is 7.65. The molecule has 0 radical (unpaired) electrons. The van der Waals surface area contributed by atoms with Crippen molar-refractivity contribution in [2.45, 2.75) is 33.2 Å². The summed E-state index contributed by atoms with van der Waals surface area (Å²) in [5.41, 5.74) is 0.529. The fraction of sp³-hybridized carbons (Fsp3) is 0.471. The van der Waals surface area contributed by atoms with Crippen molar-refractivity contribution in [2.75, 3.05) is 20.2 Å². The Balaban J connectivity index is 0.00000400. The minimum absolute atomic E-state index is 0. The molecule has 0 aliphatic carbocycles. The fourth-order valence-corrected chi connectivity index (χ4v) is 2.26. The Labute approximate surface area is 138 Å². The van der Waals surface area contributed by atoms with Crippen molar-refractivity contribution in [1.82, 2.24) is 4.90 Å². The van der Waals surface area contributed by atoms with Crippen LogP contribution < -0.4 is 4.74 Å². The highest BCUT2D eigenvalue weighted by Gasteiger charge is 2.30. The van der Waals surface area contributed by atoms with Gasteiger partial charge in [0, 0.05) is 0 Å². The fourth-order valence-electron chi connectivity index (χ4n) is 2.26. The summed E-state index contributed by atoms with van der Waals surface area (Å²) < 4.78 is 5.11. The number of ketones is 1. The Kier molecular flexibility index (Phi) is 8.52. The first-order valence-electron chi connectivity index (χ1n) is 7.07. The van der Waals surface area contributed by atoms with Gasteiger partial charge in [-0.25, -0.2) is 0 Å². The van der Waals surface area contributed by atoms with Crippen LogP contribution in [-0.2, 0) is 4.79 Å². The van der Waals surface area contributed by atoms with Gasteiger partial charge in [-0.2, -0.15) is 0 Å². The van der Waals surface area contributed by atoms with Gasteiger partial charge in [-0.15, -0.1) is 17.0 Å². The average molecular weight is 356 g/mol. The Morgan fingerprint density at radius 2 is 1.71 bits per heavy atom. The maximum Gasteiger partial charge on any atom is 0.175 e. The molecule has 0 aliphatic heterocycles. The van der Waals surface area contributed by atoms with E-state index in [0.29, 0.717) is 0 Å². The first kappa shape index (κ1) is 19.9. The molecule has 0 bridgehead atoms. The summed E-state index contributed by atoms with van der Waals surface area (Å²) in [5.74, 6) is 0.939. The predicted octanol–water partition coefficient (Wildman–Crippen LogP) is 3.98. The monoisotopic (exact) mass is 355 g/mol. The first-order chi connectivity index (χ1) is 9.45. The molecular weight excluding hydrogens is 330 g/mol. The van der Waals surface area contributed by atoms with Gasteiger partial charge in [0.2, 0.25) is 0 Å². The van der Waals surface area contributed by atoms with E-state index in [1.807, 2.05) is 44.2 Å². The Morgan fingerprint density at radius 1 is 1.19 bits per heavy atom. The Bertz CT molecular complexity index is 462. The van der Waals surface area contributed by atoms with Gasteiger partial charge in [-0.05, 0) is 50.7 Å². The number of benzene rings is 1. The van der Waals surface area contributed by atoms with Crippen molar-refractivity contribution >= 4 is 28.8 Å². The molecule has 4 heteroatoms. The van der Waals surface area contributed by atoms with Gasteiger partial charge in [0.05, 0.1) is 12.6 Å². The number of carbonyl (C=O) groups excluding carboxylic acids is 1. The lowest BCUT2D eigenvalue weighted by atomic mass is 9.95. The molecule has 1 rings (SSSR count). The van der Waals surface area contributed by atoms with Gasteiger partial charge in [0.1, 0.15) is 5.75 Å². The number of carbonyl (C=O) groups is 1. The summed E-state index contributed by atoms with van der Waals surface area (Å²) in [7, 11) is 1.64. The zero-order valence-electron chi connectivity index (χ0n) is 13.6. The van der Waals surface area contributed by atoms with Gasteiger partial charge in [-0.3, -0.25) is 9.69 Å². The van der Waals surface area contributed by atoms with E-state index in [0.717, 1.165) is 24.4 Å². The molecule has 0 heterocycles. The number of methoxy groups -OCH3 is 1. The largest absolute Gasteiger partial charge is 0.497 e. The minimum Gasteiger partial charge on any atom is -0.497 e. The lowest BCUT2D eigenvalue weighted by Crippen LogP contribution is -2.49. The van der Waals surface area contributed by atoms with E-state index in [4.69, 9.17) is 4.74 Å². The molecule has 118 valence electrons. The van der Waals surface area contributed by atoms with E-state index in [2.05, 4.69) is 18.7 Å². The standard InChI is InChI=1S/C17H25NO2.BrH/c1-6-18(7-2)17(3,4)16(19)13-10-14-8-11-15(20-5)12-9-14;/h8-13H,6-7H2,1-5H3;1H/b13-10+;. The predicted molar refractivity (Wildman–Crippen MR) is 94.4 cm³/mol. The summed E-state index contributed by atoms with van der Waals surface area (Å²) in [6.07, 6.45) is 3.52. The number of likely N-dealkylation sites (N-methyl/N-ethyl adjacent to an activating group) is 1. The zero-order chi connectivity index (χ0) is 15.2. The van der Waals surface area contributed by atoms with Gasteiger partial charge >= 0.3 is 0 Å². The lowest BCUT2D eigenvalue weighted by Gasteiger charge is -2.34. The van der Waals surface area contributed by atoms with Crippen molar-refractivity contribution in [1.29, 1.82) is 0 Å². The van der Waals surface area contributed by atoms with Crippen LogP contribution in [0.1, 0.15) is 33.3 Å². The summed E-state index contributed by atoms with van der Waals surface area (Å²) >= 11 is 0. The van der Waals surface area contributed by atoms with E-state index in [9.17, 15) is 4.79 Å². The van der Waals surface area contributed by atoms with E-state index >= 15 is 0 Å². The maximum atomic E-state index is 12.4. The third-order valence-corrected chi connectivity index (χ3v) is 3.70. The van der Waals surface area contributed by atoms with Crippen LogP contribution in [-0.4, -0.2) is 36.4 Å². The quantitative estimate of drug-likeness (QED) is 0.693. The third kappa shape index (κ3) is 5.29. The summed E-state index contributed by atoms with van der Waals surface area (Å²) in [4.78, 5) is 14.5. The third-order valence-electron chi connectivity index (χ3n) is 3.70. The Morgan fingerprint density at radius 3 is 2.14 bits per heavy atom. The number of hydrogen-bond acceptors (Lipinski definition) is 3. The smallest absolute Gasteiger partial charge is 0.175 e. The molecule has 0 fully saturated rings. The van der Waals surface area contributed by atoms with Crippen LogP contribution in [0.2, 0.25) is 0 Å². The second-order valence-corrected chi connectivity index (χ2v) is 5.20. The highest BCUT2D eigenvalue weighted by atomic mass is 79.9. The van der Waals surface area contributed by atoms with Crippen molar-refractivity contribution in [2.24, 2.45) is 0 Å². The van der Waals surface area contributed by atoms with Crippen molar-refractivity contribution in [3.8, 4) is 5.75 Å². The molecule has 0 saturated heterocycles. The van der Waals surface area contributed by atoms with Crippen LogP contribution in [0.25, 0.3) is 6.08 Å². The topological polar surface area (TPSA) is 29.5 Å². The highest BCUT2D eigenvalue weighted by molar-refractivity contribution is 8.93. The lowest BCUT2D eigenvalue weighted by molar-refractivity contribution is -0.124. The van der Waals surface area contributed by atoms with Crippen LogP contribution in [0, 0.1) is 0 Å². The van der Waals surface area contributed by atoms with Crippen molar-refractivity contribution < 1.29 is 9.53 Å². The zero-order valence-corrected chi connectivity index (χ0v) is 15.3. The van der Waals surface area contributed by atoms with Gasteiger partial charge in [0.15, 0.2) is 5.78 Å². The molecule has 0 aromatic heterocycles. The number of hydrogen-bond donors (Lipinski definition) is 0. The van der Waals surface area contributed by atoms with Crippen molar-refractivity contribution in [3.05, 3.63) is 35.9 Å². The molecule has 0 spiro atoms. The first-order valence-corrected chi connectivity index (χ1v) is 7.07. The summed E-state index contributed by atoms with van der Waals surface area (Å²) in [5, 5.41) is 0. The molecule has 1 aromatic rings. The molecule has 0 N–H and O–H groups in total. The molecule has 3 nitrogen and oxygen atoms in total. The van der Waals surface area contributed by atoms with Crippen LogP contribution in [0.3, 0.4) is 0 Å². The van der Waals surface area contributed by atoms with Crippen molar-refractivity contribution in [3.63, 3.8) is 0 Å².